The molecule has 0 aliphatic rings. The first-order valence-electron chi connectivity index (χ1n) is 7.89. The SMILES string of the molecule is C=CCCC[C@H](NC(=O)c1ccc(C(C)(C)C)cc1)C(=O)OC. The molecule has 0 unspecified atom stereocenters. The molecule has 1 amide bonds. The van der Waals surface area contributed by atoms with Gasteiger partial charge in [-0.15, -0.1) is 6.58 Å². The average molecular weight is 317 g/mol. The highest BCUT2D eigenvalue weighted by molar-refractivity contribution is 5.96. The molecule has 0 heterocycles. The Morgan fingerprint density at radius 3 is 2.35 bits per heavy atom. The highest BCUT2D eigenvalue weighted by Gasteiger charge is 2.22. The molecule has 0 aliphatic heterocycles. The molecule has 1 rings (SSSR count). The summed E-state index contributed by atoms with van der Waals surface area (Å²) < 4.78 is 4.76. The monoisotopic (exact) mass is 317 g/mol. The summed E-state index contributed by atoms with van der Waals surface area (Å²) in [5.41, 5.74) is 1.73. The molecule has 1 aromatic rings. The first-order valence-corrected chi connectivity index (χ1v) is 7.89. The zero-order valence-electron chi connectivity index (χ0n) is 14.5. The van der Waals surface area contributed by atoms with E-state index in [9.17, 15) is 9.59 Å². The van der Waals surface area contributed by atoms with Crippen LogP contribution in [-0.2, 0) is 14.9 Å². The predicted molar refractivity (Wildman–Crippen MR) is 92.5 cm³/mol. The molecule has 1 N–H and O–H groups in total. The van der Waals surface area contributed by atoms with Gasteiger partial charge in [-0.05, 0) is 42.4 Å². The van der Waals surface area contributed by atoms with Crippen molar-refractivity contribution in [2.75, 3.05) is 7.11 Å². The fourth-order valence-corrected chi connectivity index (χ4v) is 2.22. The van der Waals surface area contributed by atoms with Crippen molar-refractivity contribution in [1.29, 1.82) is 0 Å². The molecule has 4 heteroatoms. The highest BCUT2D eigenvalue weighted by Crippen LogP contribution is 2.22. The van der Waals surface area contributed by atoms with E-state index < -0.39 is 12.0 Å². The maximum atomic E-state index is 12.3. The molecule has 4 nitrogen and oxygen atoms in total. The molecule has 0 bridgehead atoms. The average Bonchev–Trinajstić information content (AvgIpc) is 2.52. The number of rotatable bonds is 7. The van der Waals surface area contributed by atoms with Crippen LogP contribution in [0.25, 0.3) is 0 Å². The lowest BCUT2D eigenvalue weighted by molar-refractivity contribution is -0.143. The van der Waals surface area contributed by atoms with Crippen molar-refractivity contribution in [2.45, 2.75) is 51.5 Å². The summed E-state index contributed by atoms with van der Waals surface area (Å²) >= 11 is 0. The third-order valence-corrected chi connectivity index (χ3v) is 3.71. The van der Waals surface area contributed by atoms with Crippen LogP contribution in [0.1, 0.15) is 56.0 Å². The van der Waals surface area contributed by atoms with Crippen LogP contribution in [0.2, 0.25) is 0 Å². The second-order valence-electron chi connectivity index (χ2n) is 6.60. The van der Waals surface area contributed by atoms with Crippen LogP contribution in [0.15, 0.2) is 36.9 Å². The number of methoxy groups -OCH3 is 1. The third-order valence-electron chi connectivity index (χ3n) is 3.71. The maximum Gasteiger partial charge on any atom is 0.328 e. The van der Waals surface area contributed by atoms with Crippen molar-refractivity contribution in [2.24, 2.45) is 0 Å². The van der Waals surface area contributed by atoms with Gasteiger partial charge in [-0.1, -0.05) is 39.0 Å². The Bertz CT molecular complexity index is 541. The van der Waals surface area contributed by atoms with Crippen molar-refractivity contribution in [3.8, 4) is 0 Å². The van der Waals surface area contributed by atoms with E-state index in [4.69, 9.17) is 4.74 Å². The van der Waals surface area contributed by atoms with Gasteiger partial charge in [-0.3, -0.25) is 4.79 Å². The normalized spacial score (nSPS) is 12.3. The Labute approximate surface area is 138 Å². The number of ether oxygens (including phenoxy) is 1. The summed E-state index contributed by atoms with van der Waals surface area (Å²) in [6, 6.07) is 6.83. The van der Waals surface area contributed by atoms with Crippen LogP contribution in [0.4, 0.5) is 0 Å². The number of unbranched alkanes of at least 4 members (excludes halogenated alkanes) is 1. The van der Waals surface area contributed by atoms with Crippen LogP contribution in [0, 0.1) is 0 Å². The largest absolute Gasteiger partial charge is 0.467 e. The minimum absolute atomic E-state index is 0.0360. The molecule has 0 radical (unpaired) electrons. The van der Waals surface area contributed by atoms with Crippen LogP contribution in [0.5, 0.6) is 0 Å². The van der Waals surface area contributed by atoms with Crippen molar-refractivity contribution >= 4 is 11.9 Å². The number of allylic oxidation sites excluding steroid dienone is 1. The van der Waals surface area contributed by atoms with E-state index in [-0.39, 0.29) is 11.3 Å². The molecule has 1 atom stereocenters. The Morgan fingerprint density at radius 2 is 1.87 bits per heavy atom. The lowest BCUT2D eigenvalue weighted by Gasteiger charge is -2.20. The first-order chi connectivity index (χ1) is 10.8. The molecular formula is C19H27NO3. The fraction of sp³-hybridized carbons (Fsp3) is 0.474. The molecule has 0 aromatic heterocycles. The Hall–Kier alpha value is -2.10. The van der Waals surface area contributed by atoms with E-state index >= 15 is 0 Å². The van der Waals surface area contributed by atoms with Gasteiger partial charge < -0.3 is 10.1 Å². The number of hydrogen-bond acceptors (Lipinski definition) is 3. The predicted octanol–water partition coefficient (Wildman–Crippen LogP) is 3.61. The molecule has 0 aliphatic carbocycles. The number of amides is 1. The summed E-state index contributed by atoms with van der Waals surface area (Å²) in [7, 11) is 1.33. The lowest BCUT2D eigenvalue weighted by atomic mass is 9.86. The van der Waals surface area contributed by atoms with E-state index in [1.165, 1.54) is 7.11 Å². The summed E-state index contributed by atoms with van der Waals surface area (Å²) in [4.78, 5) is 24.1. The van der Waals surface area contributed by atoms with E-state index in [0.29, 0.717) is 12.0 Å². The molecule has 1 aromatic carbocycles. The van der Waals surface area contributed by atoms with Gasteiger partial charge in [0.1, 0.15) is 6.04 Å². The second-order valence-corrected chi connectivity index (χ2v) is 6.60. The van der Waals surface area contributed by atoms with Crippen LogP contribution in [-0.4, -0.2) is 25.0 Å². The lowest BCUT2D eigenvalue weighted by Crippen LogP contribution is -2.41. The van der Waals surface area contributed by atoms with Gasteiger partial charge in [-0.25, -0.2) is 4.79 Å². The number of carbonyl (C=O) groups is 2. The molecule has 0 saturated carbocycles. The zero-order valence-corrected chi connectivity index (χ0v) is 14.5. The quantitative estimate of drug-likeness (QED) is 0.475. The molecule has 126 valence electrons. The van der Waals surface area contributed by atoms with E-state index in [0.717, 1.165) is 18.4 Å². The number of esters is 1. The first kappa shape index (κ1) is 18.9. The summed E-state index contributed by atoms with van der Waals surface area (Å²) in [6.45, 7) is 10.0. The summed E-state index contributed by atoms with van der Waals surface area (Å²) in [6.07, 6.45) is 3.89. The van der Waals surface area contributed by atoms with Crippen LogP contribution in [0.3, 0.4) is 0 Å². The smallest absolute Gasteiger partial charge is 0.328 e. The Morgan fingerprint density at radius 1 is 1.26 bits per heavy atom. The highest BCUT2D eigenvalue weighted by atomic mass is 16.5. The second kappa shape index (κ2) is 8.51. The molecular weight excluding hydrogens is 290 g/mol. The standard InChI is InChI=1S/C19H27NO3/c1-6-7-8-9-16(18(22)23-5)20-17(21)14-10-12-15(13-11-14)19(2,3)4/h6,10-13,16H,1,7-9H2,2-5H3,(H,20,21)/t16-/m0/s1. The van der Waals surface area contributed by atoms with E-state index in [1.807, 2.05) is 12.1 Å². The molecule has 23 heavy (non-hydrogen) atoms. The Balaban J connectivity index is 2.77. The van der Waals surface area contributed by atoms with E-state index in [1.54, 1.807) is 18.2 Å². The summed E-state index contributed by atoms with van der Waals surface area (Å²) in [5.74, 6) is -0.687. The van der Waals surface area contributed by atoms with Crippen molar-refractivity contribution in [3.05, 3.63) is 48.0 Å². The van der Waals surface area contributed by atoms with Crippen molar-refractivity contribution in [1.82, 2.24) is 5.32 Å². The van der Waals surface area contributed by atoms with Gasteiger partial charge in [0.2, 0.25) is 0 Å². The maximum absolute atomic E-state index is 12.3. The third kappa shape index (κ3) is 5.89. The van der Waals surface area contributed by atoms with Crippen LogP contribution >= 0.6 is 0 Å². The minimum Gasteiger partial charge on any atom is -0.467 e. The topological polar surface area (TPSA) is 55.4 Å². The van der Waals surface area contributed by atoms with E-state index in [2.05, 4.69) is 32.7 Å². The number of nitrogens with one attached hydrogen (secondary N) is 1. The van der Waals surface area contributed by atoms with Crippen molar-refractivity contribution < 1.29 is 14.3 Å². The van der Waals surface area contributed by atoms with Gasteiger partial charge in [0.25, 0.3) is 5.91 Å². The number of benzene rings is 1. The van der Waals surface area contributed by atoms with Gasteiger partial charge >= 0.3 is 5.97 Å². The van der Waals surface area contributed by atoms with Gasteiger partial charge in [0.05, 0.1) is 7.11 Å². The van der Waals surface area contributed by atoms with Gasteiger partial charge in [-0.2, -0.15) is 0 Å². The van der Waals surface area contributed by atoms with Gasteiger partial charge in [0, 0.05) is 5.56 Å². The molecule has 0 saturated heterocycles. The zero-order chi connectivity index (χ0) is 17.5. The molecule has 0 spiro atoms. The minimum atomic E-state index is -0.630. The van der Waals surface area contributed by atoms with Crippen molar-refractivity contribution in [3.63, 3.8) is 0 Å². The number of carbonyl (C=O) groups excluding carboxylic acids is 2. The fourth-order valence-electron chi connectivity index (χ4n) is 2.22. The molecule has 0 fully saturated rings. The summed E-state index contributed by atoms with van der Waals surface area (Å²) in [5, 5.41) is 2.75. The van der Waals surface area contributed by atoms with Gasteiger partial charge in [0.15, 0.2) is 0 Å². The Kier molecular flexibility index (Phi) is 7.01. The number of hydrogen-bond donors (Lipinski definition) is 1. The van der Waals surface area contributed by atoms with Crippen LogP contribution < -0.4 is 5.32 Å².